The molecule has 2 amide bonds. The Bertz CT molecular complexity index is 450. The first-order chi connectivity index (χ1) is 10.7. The normalized spacial score (nSPS) is 19.2. The van der Waals surface area contributed by atoms with Crippen LogP contribution in [-0.2, 0) is 6.42 Å². The van der Waals surface area contributed by atoms with E-state index in [1.165, 1.54) is 5.56 Å². The highest BCUT2D eigenvalue weighted by molar-refractivity contribution is 5.75. The first-order valence-corrected chi connectivity index (χ1v) is 8.46. The molecule has 0 saturated carbocycles. The monoisotopic (exact) mass is 304 g/mol. The molecule has 22 heavy (non-hydrogen) atoms. The number of urea groups is 1. The highest BCUT2D eigenvalue weighted by atomic mass is 16.3. The van der Waals surface area contributed by atoms with Crippen LogP contribution in [0.2, 0.25) is 0 Å². The van der Waals surface area contributed by atoms with Gasteiger partial charge in [-0.05, 0) is 37.7 Å². The van der Waals surface area contributed by atoms with Crippen molar-refractivity contribution in [2.75, 3.05) is 13.2 Å². The first kappa shape index (κ1) is 16.8. The molecule has 1 aliphatic rings. The van der Waals surface area contributed by atoms with Crippen molar-refractivity contribution in [3.05, 3.63) is 35.9 Å². The van der Waals surface area contributed by atoms with Gasteiger partial charge in [0.05, 0.1) is 12.6 Å². The van der Waals surface area contributed by atoms with Crippen molar-refractivity contribution >= 4 is 6.03 Å². The average molecular weight is 304 g/mol. The second kappa shape index (κ2) is 8.79. The van der Waals surface area contributed by atoms with Crippen molar-refractivity contribution < 1.29 is 9.90 Å². The van der Waals surface area contributed by atoms with Crippen molar-refractivity contribution in [2.24, 2.45) is 0 Å². The van der Waals surface area contributed by atoms with E-state index in [0.717, 1.165) is 45.1 Å². The summed E-state index contributed by atoms with van der Waals surface area (Å²) in [6, 6.07) is 10.6. The second-order valence-corrected chi connectivity index (χ2v) is 6.13. The molecule has 1 saturated heterocycles. The number of aliphatic hydroxyl groups excluding tert-OH is 1. The van der Waals surface area contributed by atoms with E-state index >= 15 is 0 Å². The van der Waals surface area contributed by atoms with Crippen molar-refractivity contribution in [1.82, 2.24) is 10.2 Å². The number of nitrogens with zero attached hydrogens (tertiary/aromatic N) is 1. The van der Waals surface area contributed by atoms with Crippen molar-refractivity contribution in [1.29, 1.82) is 0 Å². The summed E-state index contributed by atoms with van der Waals surface area (Å²) in [5.41, 5.74) is 1.31. The van der Waals surface area contributed by atoms with Gasteiger partial charge in [0, 0.05) is 12.6 Å². The van der Waals surface area contributed by atoms with Gasteiger partial charge in [-0.15, -0.1) is 0 Å². The number of likely N-dealkylation sites (tertiary alicyclic amines) is 1. The van der Waals surface area contributed by atoms with Gasteiger partial charge < -0.3 is 15.3 Å². The number of rotatable bonds is 7. The number of carbonyl (C=O) groups is 1. The molecule has 1 fully saturated rings. The third-order valence-corrected chi connectivity index (χ3v) is 4.44. The van der Waals surface area contributed by atoms with Crippen LogP contribution in [0.3, 0.4) is 0 Å². The van der Waals surface area contributed by atoms with E-state index in [1.54, 1.807) is 4.90 Å². The maximum atomic E-state index is 12.4. The Morgan fingerprint density at radius 3 is 2.82 bits per heavy atom. The molecule has 0 spiro atoms. The lowest BCUT2D eigenvalue weighted by atomic mass is 10.0. The number of nitrogens with one attached hydrogen (secondary N) is 1. The average Bonchev–Trinajstić information content (AvgIpc) is 3.02. The minimum absolute atomic E-state index is 0.00333. The van der Waals surface area contributed by atoms with Gasteiger partial charge in [0.2, 0.25) is 0 Å². The van der Waals surface area contributed by atoms with Crippen LogP contribution in [0.15, 0.2) is 30.3 Å². The van der Waals surface area contributed by atoms with Gasteiger partial charge in [-0.1, -0.05) is 43.7 Å². The van der Waals surface area contributed by atoms with E-state index in [1.807, 2.05) is 6.07 Å². The third kappa shape index (κ3) is 4.73. The number of aryl methyl sites for hydroxylation is 1. The molecular weight excluding hydrogens is 276 g/mol. The van der Waals surface area contributed by atoms with Crippen molar-refractivity contribution in [3.63, 3.8) is 0 Å². The van der Waals surface area contributed by atoms with Crippen LogP contribution >= 0.6 is 0 Å². The van der Waals surface area contributed by atoms with Gasteiger partial charge in [0.1, 0.15) is 0 Å². The number of benzene rings is 1. The van der Waals surface area contributed by atoms with E-state index in [2.05, 4.69) is 36.5 Å². The van der Waals surface area contributed by atoms with Crippen LogP contribution in [0.1, 0.15) is 44.6 Å². The SMILES string of the molecule is CCCC(CCc1ccccc1)NC(=O)N1CCC[C@H]1CO. The lowest BCUT2D eigenvalue weighted by Crippen LogP contribution is -2.47. The zero-order valence-corrected chi connectivity index (χ0v) is 13.5. The summed E-state index contributed by atoms with van der Waals surface area (Å²) in [4.78, 5) is 14.2. The second-order valence-electron chi connectivity index (χ2n) is 6.13. The van der Waals surface area contributed by atoms with Crippen molar-refractivity contribution in [2.45, 2.75) is 57.5 Å². The fraction of sp³-hybridized carbons (Fsp3) is 0.611. The van der Waals surface area contributed by atoms with Gasteiger partial charge in [-0.2, -0.15) is 0 Å². The predicted molar refractivity (Wildman–Crippen MR) is 88.8 cm³/mol. The summed E-state index contributed by atoms with van der Waals surface area (Å²) >= 11 is 0. The fourth-order valence-electron chi connectivity index (χ4n) is 3.17. The molecular formula is C18H28N2O2. The summed E-state index contributed by atoms with van der Waals surface area (Å²) in [5.74, 6) is 0. The van der Waals surface area contributed by atoms with Gasteiger partial charge in [-0.25, -0.2) is 4.79 Å². The fourth-order valence-corrected chi connectivity index (χ4v) is 3.17. The predicted octanol–water partition coefficient (Wildman–Crippen LogP) is 2.95. The largest absolute Gasteiger partial charge is 0.394 e. The van der Waals surface area contributed by atoms with E-state index in [9.17, 15) is 9.90 Å². The number of hydrogen-bond acceptors (Lipinski definition) is 2. The van der Waals surface area contributed by atoms with E-state index in [4.69, 9.17) is 0 Å². The molecule has 1 aliphatic heterocycles. The lowest BCUT2D eigenvalue weighted by Gasteiger charge is -2.27. The Labute approximate surface area is 133 Å². The third-order valence-electron chi connectivity index (χ3n) is 4.44. The molecule has 1 aromatic carbocycles. The molecule has 2 rings (SSSR count). The summed E-state index contributed by atoms with van der Waals surface area (Å²) in [6.45, 7) is 2.97. The summed E-state index contributed by atoms with van der Waals surface area (Å²) in [5, 5.41) is 12.5. The molecule has 2 atom stereocenters. The van der Waals surface area contributed by atoms with E-state index < -0.39 is 0 Å². The van der Waals surface area contributed by atoms with Gasteiger partial charge >= 0.3 is 6.03 Å². The van der Waals surface area contributed by atoms with Crippen LogP contribution in [0, 0.1) is 0 Å². The number of aliphatic hydroxyl groups is 1. The standard InChI is InChI=1S/C18H28N2O2/c1-2-7-16(12-11-15-8-4-3-5-9-15)19-18(22)20-13-6-10-17(20)14-21/h3-5,8-9,16-17,21H,2,6-7,10-14H2,1H3,(H,19,22)/t16?,17-/m0/s1. The Kier molecular flexibility index (Phi) is 6.72. The Balaban J connectivity index is 1.86. The van der Waals surface area contributed by atoms with Crippen LogP contribution < -0.4 is 5.32 Å². The molecule has 4 heteroatoms. The quantitative estimate of drug-likeness (QED) is 0.814. The minimum Gasteiger partial charge on any atom is -0.394 e. The molecule has 0 aliphatic carbocycles. The minimum atomic E-state index is -0.0111. The smallest absolute Gasteiger partial charge is 0.317 e. The Morgan fingerprint density at radius 2 is 2.14 bits per heavy atom. The van der Waals surface area contributed by atoms with E-state index in [-0.39, 0.29) is 24.7 Å². The molecule has 1 unspecified atom stereocenters. The summed E-state index contributed by atoms with van der Waals surface area (Å²) in [7, 11) is 0. The highest BCUT2D eigenvalue weighted by Gasteiger charge is 2.28. The Morgan fingerprint density at radius 1 is 1.36 bits per heavy atom. The lowest BCUT2D eigenvalue weighted by molar-refractivity contribution is 0.153. The Hall–Kier alpha value is -1.55. The molecule has 2 N–H and O–H groups in total. The van der Waals surface area contributed by atoms with Gasteiger partial charge in [-0.3, -0.25) is 0 Å². The molecule has 0 aromatic heterocycles. The maximum Gasteiger partial charge on any atom is 0.317 e. The molecule has 1 heterocycles. The van der Waals surface area contributed by atoms with Crippen LogP contribution in [0.4, 0.5) is 4.79 Å². The number of hydrogen-bond donors (Lipinski definition) is 2. The molecule has 122 valence electrons. The molecule has 0 radical (unpaired) electrons. The topological polar surface area (TPSA) is 52.6 Å². The number of carbonyl (C=O) groups excluding carboxylic acids is 1. The maximum absolute atomic E-state index is 12.4. The molecule has 0 bridgehead atoms. The van der Waals surface area contributed by atoms with Crippen molar-refractivity contribution in [3.8, 4) is 0 Å². The summed E-state index contributed by atoms with van der Waals surface area (Å²) in [6.07, 6.45) is 5.89. The van der Waals surface area contributed by atoms with E-state index in [0.29, 0.717) is 0 Å². The zero-order chi connectivity index (χ0) is 15.8. The highest BCUT2D eigenvalue weighted by Crippen LogP contribution is 2.17. The zero-order valence-electron chi connectivity index (χ0n) is 13.5. The summed E-state index contributed by atoms with van der Waals surface area (Å²) < 4.78 is 0. The molecule has 4 nitrogen and oxygen atoms in total. The van der Waals surface area contributed by atoms with Gasteiger partial charge in [0.25, 0.3) is 0 Å². The van der Waals surface area contributed by atoms with Crippen LogP contribution in [0.25, 0.3) is 0 Å². The number of amides is 2. The first-order valence-electron chi connectivity index (χ1n) is 8.46. The molecule has 1 aromatic rings. The van der Waals surface area contributed by atoms with Gasteiger partial charge in [0.15, 0.2) is 0 Å². The van der Waals surface area contributed by atoms with Crippen LogP contribution in [-0.4, -0.2) is 41.3 Å². The van der Waals surface area contributed by atoms with Crippen LogP contribution in [0.5, 0.6) is 0 Å².